The van der Waals surface area contributed by atoms with E-state index in [1.54, 1.807) is 6.92 Å². The van der Waals surface area contributed by atoms with E-state index in [1.165, 1.54) is 11.8 Å². The van der Waals surface area contributed by atoms with Gasteiger partial charge in [-0.15, -0.1) is 10.2 Å². The lowest BCUT2D eigenvalue weighted by Crippen LogP contribution is -2.08. The van der Waals surface area contributed by atoms with Crippen molar-refractivity contribution < 1.29 is 9.53 Å². The second-order valence-electron chi connectivity index (χ2n) is 5.82. The Kier molecular flexibility index (Phi) is 4.93. The van der Waals surface area contributed by atoms with Gasteiger partial charge >= 0.3 is 5.97 Å². The summed E-state index contributed by atoms with van der Waals surface area (Å²) in [4.78, 5) is 15.0. The highest BCUT2D eigenvalue weighted by Crippen LogP contribution is 2.32. The molecule has 0 radical (unpaired) electrons. The van der Waals surface area contributed by atoms with Crippen LogP contribution in [0.25, 0.3) is 28.0 Å². The molecule has 27 heavy (non-hydrogen) atoms. The van der Waals surface area contributed by atoms with Crippen LogP contribution in [-0.2, 0) is 9.53 Å². The number of nitrogens with one attached hydrogen (secondary N) is 1. The average molecular weight is 378 g/mol. The van der Waals surface area contributed by atoms with Gasteiger partial charge in [0.05, 0.1) is 12.4 Å². The molecule has 1 N–H and O–H groups in total. The molecule has 136 valence electrons. The summed E-state index contributed by atoms with van der Waals surface area (Å²) in [6, 6.07) is 18.0. The third kappa shape index (κ3) is 3.46. The molecular weight excluding hydrogens is 360 g/mol. The normalized spacial score (nSPS) is 11.0. The highest BCUT2D eigenvalue weighted by Gasteiger charge is 2.19. The molecule has 0 saturated heterocycles. The van der Waals surface area contributed by atoms with E-state index in [0.29, 0.717) is 11.8 Å². The molecule has 2 heterocycles. The Bertz CT molecular complexity index is 1070. The van der Waals surface area contributed by atoms with E-state index in [9.17, 15) is 4.79 Å². The molecule has 7 heteroatoms. The summed E-state index contributed by atoms with van der Waals surface area (Å²) in [7, 11) is 0. The number of hydrogen-bond acceptors (Lipinski definition) is 5. The van der Waals surface area contributed by atoms with Gasteiger partial charge in [0.1, 0.15) is 0 Å². The van der Waals surface area contributed by atoms with Crippen LogP contribution >= 0.6 is 11.8 Å². The van der Waals surface area contributed by atoms with Crippen LogP contribution in [0.1, 0.15) is 6.92 Å². The Morgan fingerprint density at radius 1 is 1.11 bits per heavy atom. The number of esters is 1. The summed E-state index contributed by atoms with van der Waals surface area (Å²) in [5, 5.41) is 10.5. The number of aromatic nitrogens is 4. The van der Waals surface area contributed by atoms with Gasteiger partial charge in [-0.05, 0) is 25.1 Å². The minimum atomic E-state index is -0.265. The number of rotatable bonds is 6. The molecular formula is C20H18N4O2S. The largest absolute Gasteiger partial charge is 0.465 e. The van der Waals surface area contributed by atoms with Gasteiger partial charge in [0.2, 0.25) is 0 Å². The van der Waals surface area contributed by atoms with Crippen LogP contribution in [0.4, 0.5) is 0 Å². The summed E-state index contributed by atoms with van der Waals surface area (Å²) in [5.74, 6) is 0.649. The Labute approximate surface area is 160 Å². The molecule has 4 rings (SSSR count). The summed E-state index contributed by atoms with van der Waals surface area (Å²) < 4.78 is 7.00. The molecule has 0 saturated carbocycles. The fraction of sp³-hybridized carbons (Fsp3) is 0.150. The van der Waals surface area contributed by atoms with E-state index < -0.39 is 0 Å². The quantitative estimate of drug-likeness (QED) is 0.404. The van der Waals surface area contributed by atoms with E-state index in [0.717, 1.165) is 28.0 Å². The van der Waals surface area contributed by atoms with Gasteiger partial charge in [-0.25, -0.2) is 0 Å². The van der Waals surface area contributed by atoms with Gasteiger partial charge < -0.3 is 9.72 Å². The molecule has 0 bridgehead atoms. The van der Waals surface area contributed by atoms with Crippen molar-refractivity contribution in [3.05, 3.63) is 60.8 Å². The summed E-state index contributed by atoms with van der Waals surface area (Å²) in [5.41, 5.74) is 2.94. The Morgan fingerprint density at radius 3 is 2.70 bits per heavy atom. The van der Waals surface area contributed by atoms with Gasteiger partial charge in [0, 0.05) is 28.4 Å². The Morgan fingerprint density at radius 2 is 1.89 bits per heavy atom. The molecule has 0 aliphatic heterocycles. The number of para-hydroxylation sites is 2. The van der Waals surface area contributed by atoms with Gasteiger partial charge in [-0.1, -0.05) is 48.2 Å². The predicted molar refractivity (Wildman–Crippen MR) is 106 cm³/mol. The van der Waals surface area contributed by atoms with Crippen molar-refractivity contribution in [2.24, 2.45) is 0 Å². The highest BCUT2D eigenvalue weighted by atomic mass is 32.2. The zero-order valence-electron chi connectivity index (χ0n) is 14.8. The number of H-pyrrole nitrogens is 1. The SMILES string of the molecule is CCOC(=O)CSc1nnc(-c2c[nH]c3ccccc23)n1-c1ccccc1. The number of carbonyl (C=O) groups is 1. The zero-order valence-corrected chi connectivity index (χ0v) is 15.6. The van der Waals surface area contributed by atoms with Crippen LogP contribution in [0.15, 0.2) is 66.0 Å². The van der Waals surface area contributed by atoms with E-state index in [4.69, 9.17) is 4.74 Å². The molecule has 0 aliphatic rings. The first-order chi connectivity index (χ1) is 13.3. The van der Waals surface area contributed by atoms with E-state index in [1.807, 2.05) is 59.3 Å². The van der Waals surface area contributed by atoms with Crippen molar-refractivity contribution in [3.8, 4) is 17.1 Å². The van der Waals surface area contributed by atoms with Crippen LogP contribution in [0, 0.1) is 0 Å². The number of benzene rings is 2. The topological polar surface area (TPSA) is 72.8 Å². The van der Waals surface area contributed by atoms with Crippen LogP contribution in [0.3, 0.4) is 0 Å². The van der Waals surface area contributed by atoms with Gasteiger partial charge in [-0.2, -0.15) is 0 Å². The van der Waals surface area contributed by atoms with Crippen molar-refractivity contribution in [3.63, 3.8) is 0 Å². The molecule has 2 aromatic heterocycles. The predicted octanol–water partition coefficient (Wildman–Crippen LogP) is 4.07. The smallest absolute Gasteiger partial charge is 0.316 e. The average Bonchev–Trinajstić information content (AvgIpc) is 3.31. The molecule has 0 spiro atoms. The number of hydrogen-bond donors (Lipinski definition) is 1. The third-order valence-electron chi connectivity index (χ3n) is 4.10. The first-order valence-corrected chi connectivity index (χ1v) is 9.62. The molecule has 0 unspecified atom stereocenters. The zero-order chi connectivity index (χ0) is 18.6. The second-order valence-corrected chi connectivity index (χ2v) is 6.76. The fourth-order valence-corrected chi connectivity index (χ4v) is 3.68. The fourth-order valence-electron chi connectivity index (χ4n) is 2.93. The molecule has 0 atom stereocenters. The highest BCUT2D eigenvalue weighted by molar-refractivity contribution is 7.99. The van der Waals surface area contributed by atoms with Crippen molar-refractivity contribution >= 4 is 28.6 Å². The summed E-state index contributed by atoms with van der Waals surface area (Å²) in [6.45, 7) is 2.16. The van der Waals surface area contributed by atoms with Crippen molar-refractivity contribution in [2.45, 2.75) is 12.1 Å². The third-order valence-corrected chi connectivity index (χ3v) is 5.00. The maximum absolute atomic E-state index is 11.8. The molecule has 6 nitrogen and oxygen atoms in total. The second kappa shape index (κ2) is 7.67. The minimum Gasteiger partial charge on any atom is -0.465 e. The van der Waals surface area contributed by atoms with Crippen molar-refractivity contribution in [1.82, 2.24) is 19.7 Å². The lowest BCUT2D eigenvalue weighted by atomic mass is 10.1. The molecule has 4 aromatic rings. The van der Waals surface area contributed by atoms with Gasteiger partial charge in [0.15, 0.2) is 11.0 Å². The first kappa shape index (κ1) is 17.4. The molecule has 0 aliphatic carbocycles. The number of ether oxygens (including phenoxy) is 1. The minimum absolute atomic E-state index is 0.187. The number of nitrogens with zero attached hydrogens (tertiary/aromatic N) is 3. The van der Waals surface area contributed by atoms with Crippen LogP contribution in [0.5, 0.6) is 0 Å². The van der Waals surface area contributed by atoms with Crippen LogP contribution in [-0.4, -0.2) is 38.1 Å². The maximum Gasteiger partial charge on any atom is 0.316 e. The monoisotopic (exact) mass is 378 g/mol. The lowest BCUT2D eigenvalue weighted by Gasteiger charge is -2.09. The van der Waals surface area contributed by atoms with Crippen LogP contribution < -0.4 is 0 Å². The number of aromatic amines is 1. The molecule has 0 amide bonds. The Balaban J connectivity index is 1.79. The van der Waals surface area contributed by atoms with E-state index in [2.05, 4.69) is 21.2 Å². The number of carbonyl (C=O) groups excluding carboxylic acids is 1. The molecule has 0 fully saturated rings. The summed E-state index contributed by atoms with van der Waals surface area (Å²) >= 11 is 1.32. The van der Waals surface area contributed by atoms with E-state index in [-0.39, 0.29) is 11.7 Å². The van der Waals surface area contributed by atoms with Crippen LogP contribution in [0.2, 0.25) is 0 Å². The first-order valence-electron chi connectivity index (χ1n) is 8.63. The Hall–Kier alpha value is -3.06. The number of thioether (sulfide) groups is 1. The van der Waals surface area contributed by atoms with Gasteiger partial charge in [-0.3, -0.25) is 9.36 Å². The summed E-state index contributed by atoms with van der Waals surface area (Å²) in [6.07, 6.45) is 1.94. The standard InChI is InChI=1S/C20H18N4O2S/c1-2-26-18(25)13-27-20-23-22-19(24(20)14-8-4-3-5-9-14)16-12-21-17-11-7-6-10-15(16)17/h3-12,21H,2,13H2,1H3. The lowest BCUT2D eigenvalue weighted by molar-refractivity contribution is -0.139. The van der Waals surface area contributed by atoms with Crippen molar-refractivity contribution in [2.75, 3.05) is 12.4 Å². The van der Waals surface area contributed by atoms with E-state index >= 15 is 0 Å². The van der Waals surface area contributed by atoms with Gasteiger partial charge in [0.25, 0.3) is 0 Å². The molecule has 2 aromatic carbocycles. The number of fused-ring (bicyclic) bond motifs is 1. The maximum atomic E-state index is 11.8. The van der Waals surface area contributed by atoms with Crippen molar-refractivity contribution in [1.29, 1.82) is 0 Å².